The van der Waals surface area contributed by atoms with Crippen LogP contribution in [-0.2, 0) is 20.7 Å². The van der Waals surface area contributed by atoms with Gasteiger partial charge in [0.25, 0.3) is 5.91 Å². The van der Waals surface area contributed by atoms with E-state index in [2.05, 4.69) is 5.32 Å². The van der Waals surface area contributed by atoms with Gasteiger partial charge >= 0.3 is 5.97 Å². The number of esters is 1. The lowest BCUT2D eigenvalue weighted by Crippen LogP contribution is -2.22. The maximum Gasteiger partial charge on any atom is 0.306 e. The summed E-state index contributed by atoms with van der Waals surface area (Å²) in [6.07, 6.45) is 0.875. The first-order chi connectivity index (χ1) is 12.0. The number of anilines is 1. The van der Waals surface area contributed by atoms with Gasteiger partial charge in [-0.25, -0.2) is 0 Å². The maximum absolute atomic E-state index is 12.0. The topological polar surface area (TPSA) is 79.2 Å². The van der Waals surface area contributed by atoms with Crippen LogP contribution in [0, 0.1) is 24.5 Å². The van der Waals surface area contributed by atoms with E-state index >= 15 is 0 Å². The van der Waals surface area contributed by atoms with Crippen LogP contribution in [0.5, 0.6) is 0 Å². The van der Waals surface area contributed by atoms with Crippen LogP contribution in [-0.4, -0.2) is 18.5 Å². The van der Waals surface area contributed by atoms with E-state index in [0.29, 0.717) is 12.1 Å². The molecule has 2 rings (SSSR count). The van der Waals surface area contributed by atoms with Crippen LogP contribution >= 0.6 is 23.1 Å². The highest BCUT2D eigenvalue weighted by atomic mass is 32.2. The number of benzene rings is 1. The number of thiophene rings is 1. The lowest BCUT2D eigenvalue weighted by molar-refractivity contribution is -0.147. The summed E-state index contributed by atoms with van der Waals surface area (Å²) in [6, 6.07) is 7.57. The Kier molecular flexibility index (Phi) is 7.04. The second kappa shape index (κ2) is 9.25. The molecule has 5 nitrogen and oxygen atoms in total. The zero-order chi connectivity index (χ0) is 18.2. The van der Waals surface area contributed by atoms with Gasteiger partial charge in [-0.3, -0.25) is 9.59 Å². The number of rotatable bonds is 7. The van der Waals surface area contributed by atoms with E-state index in [0.717, 1.165) is 32.7 Å². The highest BCUT2D eigenvalue weighted by Gasteiger charge is 2.12. The number of thiocyanates is 1. The minimum absolute atomic E-state index is 0.256. The summed E-state index contributed by atoms with van der Waals surface area (Å²) < 4.78 is 5.02. The van der Waals surface area contributed by atoms with E-state index in [4.69, 9.17) is 10.00 Å². The van der Waals surface area contributed by atoms with Gasteiger partial charge in [-0.1, -0.05) is 6.07 Å². The molecule has 1 N–H and O–H groups in total. The molecule has 1 aromatic carbocycles. The molecule has 0 aliphatic carbocycles. The van der Waals surface area contributed by atoms with Crippen LogP contribution < -0.4 is 5.32 Å². The summed E-state index contributed by atoms with van der Waals surface area (Å²) in [5.74, 6) is -0.769. The zero-order valence-electron chi connectivity index (χ0n) is 14.0. The first-order valence-corrected chi connectivity index (χ1v) is 9.34. The normalized spacial score (nSPS) is 10.1. The van der Waals surface area contributed by atoms with Gasteiger partial charge in [0.05, 0.1) is 6.42 Å². The van der Waals surface area contributed by atoms with Gasteiger partial charge in [0, 0.05) is 15.5 Å². The van der Waals surface area contributed by atoms with Crippen LogP contribution in [0.4, 0.5) is 5.69 Å². The number of aryl methyl sites for hydroxylation is 3. The summed E-state index contributed by atoms with van der Waals surface area (Å²) in [7, 11) is 0. The van der Waals surface area contributed by atoms with Crippen molar-refractivity contribution >= 4 is 40.7 Å². The number of ether oxygens (including phenoxy) is 1. The van der Waals surface area contributed by atoms with Gasteiger partial charge in [0.1, 0.15) is 5.40 Å². The molecule has 25 heavy (non-hydrogen) atoms. The van der Waals surface area contributed by atoms with E-state index in [1.54, 1.807) is 11.3 Å². The number of hydrogen-bond acceptors (Lipinski definition) is 6. The fourth-order valence-corrected chi connectivity index (χ4v) is 3.59. The number of nitriles is 1. The molecule has 7 heteroatoms. The van der Waals surface area contributed by atoms with Crippen LogP contribution in [0.25, 0.3) is 0 Å². The predicted octanol–water partition coefficient (Wildman–Crippen LogP) is 4.05. The molecule has 2 aromatic rings. The molecular formula is C18H18N2O3S2. The fraction of sp³-hybridized carbons (Fsp3) is 0.278. The second-order valence-electron chi connectivity index (χ2n) is 5.41. The van der Waals surface area contributed by atoms with Crippen LogP contribution in [0.3, 0.4) is 0 Å². The van der Waals surface area contributed by atoms with E-state index < -0.39 is 5.97 Å². The number of thioether (sulfide) groups is 1. The number of amides is 1. The molecular weight excluding hydrogens is 356 g/mol. The molecule has 0 aliphatic rings. The van der Waals surface area contributed by atoms with Crippen molar-refractivity contribution in [2.45, 2.75) is 31.6 Å². The summed E-state index contributed by atoms with van der Waals surface area (Å²) in [5.41, 5.74) is 2.40. The Morgan fingerprint density at radius 3 is 2.64 bits per heavy atom. The molecule has 0 bridgehead atoms. The molecule has 1 amide bonds. The van der Waals surface area contributed by atoms with E-state index in [1.807, 2.05) is 48.9 Å². The van der Waals surface area contributed by atoms with E-state index in [1.165, 1.54) is 0 Å². The van der Waals surface area contributed by atoms with Gasteiger partial charge in [0.15, 0.2) is 6.61 Å². The second-order valence-corrected chi connectivity index (χ2v) is 7.30. The van der Waals surface area contributed by atoms with E-state index in [-0.39, 0.29) is 18.9 Å². The monoisotopic (exact) mass is 374 g/mol. The molecule has 0 saturated carbocycles. The quantitative estimate of drug-likeness (QED) is 0.449. The predicted molar refractivity (Wildman–Crippen MR) is 99.6 cm³/mol. The van der Waals surface area contributed by atoms with E-state index in [9.17, 15) is 9.59 Å². The SMILES string of the molecule is Cc1cc(SC#N)cc(C)c1NC(=O)COC(=O)CCc1cccs1. The molecule has 1 aromatic heterocycles. The fourth-order valence-electron chi connectivity index (χ4n) is 2.31. The molecule has 0 saturated heterocycles. The summed E-state index contributed by atoms with van der Waals surface area (Å²) in [5, 5.41) is 15.5. The Morgan fingerprint density at radius 1 is 1.32 bits per heavy atom. The van der Waals surface area contributed by atoms with Crippen molar-refractivity contribution in [3.8, 4) is 5.40 Å². The third-order valence-corrected chi connectivity index (χ3v) is 4.95. The van der Waals surface area contributed by atoms with Gasteiger partial charge < -0.3 is 10.1 Å². The van der Waals surface area contributed by atoms with Crippen molar-refractivity contribution in [2.24, 2.45) is 0 Å². The van der Waals surface area contributed by atoms with Crippen molar-refractivity contribution < 1.29 is 14.3 Å². The molecule has 0 aliphatic heterocycles. The number of hydrogen-bond donors (Lipinski definition) is 1. The molecule has 0 radical (unpaired) electrons. The third-order valence-electron chi connectivity index (χ3n) is 3.45. The van der Waals surface area contributed by atoms with Crippen molar-refractivity contribution in [2.75, 3.05) is 11.9 Å². The first-order valence-electron chi connectivity index (χ1n) is 7.64. The molecule has 0 unspecified atom stereocenters. The maximum atomic E-state index is 12.0. The Bertz CT molecular complexity index is 772. The Balaban J connectivity index is 1.84. The Morgan fingerprint density at radius 2 is 2.04 bits per heavy atom. The van der Waals surface area contributed by atoms with Crippen molar-refractivity contribution in [1.29, 1.82) is 5.26 Å². The first kappa shape index (κ1) is 19.0. The minimum atomic E-state index is -0.391. The van der Waals surface area contributed by atoms with Crippen molar-refractivity contribution in [1.82, 2.24) is 0 Å². The highest BCUT2D eigenvalue weighted by Crippen LogP contribution is 2.27. The van der Waals surface area contributed by atoms with Crippen LogP contribution in [0.1, 0.15) is 22.4 Å². The Hall–Kier alpha value is -2.30. The molecule has 0 spiro atoms. The van der Waals surface area contributed by atoms with Crippen LogP contribution in [0.2, 0.25) is 0 Å². The minimum Gasteiger partial charge on any atom is -0.456 e. The number of carbonyl (C=O) groups excluding carboxylic acids is 2. The lowest BCUT2D eigenvalue weighted by Gasteiger charge is -2.13. The summed E-state index contributed by atoms with van der Waals surface area (Å²) in [6.45, 7) is 3.41. The van der Waals surface area contributed by atoms with Gasteiger partial charge in [-0.2, -0.15) is 5.26 Å². The Labute approximate surface area is 155 Å². The lowest BCUT2D eigenvalue weighted by atomic mass is 10.1. The van der Waals surface area contributed by atoms with Gasteiger partial charge in [0.2, 0.25) is 0 Å². The average Bonchev–Trinajstić information content (AvgIpc) is 3.08. The molecule has 0 fully saturated rings. The van der Waals surface area contributed by atoms with Gasteiger partial charge in [-0.15, -0.1) is 11.3 Å². The summed E-state index contributed by atoms with van der Waals surface area (Å²) in [4.78, 5) is 25.7. The number of nitrogens with zero attached hydrogens (tertiary/aromatic N) is 1. The molecule has 130 valence electrons. The standard InChI is InChI=1S/C18H18N2O3S2/c1-12-8-15(25-11-19)9-13(2)18(12)20-16(21)10-23-17(22)6-5-14-4-3-7-24-14/h3-4,7-9H,5-6,10H2,1-2H3,(H,20,21). The van der Waals surface area contributed by atoms with Crippen molar-refractivity contribution in [3.05, 3.63) is 45.6 Å². The number of carbonyl (C=O) groups is 2. The summed E-state index contributed by atoms with van der Waals surface area (Å²) >= 11 is 2.66. The molecule has 1 heterocycles. The smallest absolute Gasteiger partial charge is 0.306 e. The molecule has 0 atom stereocenters. The van der Waals surface area contributed by atoms with Crippen LogP contribution in [0.15, 0.2) is 34.5 Å². The highest BCUT2D eigenvalue weighted by molar-refractivity contribution is 8.03. The largest absolute Gasteiger partial charge is 0.456 e. The van der Waals surface area contributed by atoms with Crippen molar-refractivity contribution in [3.63, 3.8) is 0 Å². The zero-order valence-corrected chi connectivity index (χ0v) is 15.6. The number of nitrogens with one attached hydrogen (secondary N) is 1. The average molecular weight is 374 g/mol. The van der Waals surface area contributed by atoms with Gasteiger partial charge in [-0.05, 0) is 66.7 Å². The third kappa shape index (κ3) is 5.93.